The van der Waals surface area contributed by atoms with Crippen molar-refractivity contribution in [1.82, 2.24) is 97.0 Å². The average molecular weight is 1400 g/mol. The second kappa shape index (κ2) is 76.7. The molecule has 12 rings (SSSR count). The molecule has 0 bridgehead atoms. The summed E-state index contributed by atoms with van der Waals surface area (Å²) in [7, 11) is 9.64. The van der Waals surface area contributed by atoms with E-state index >= 15 is 0 Å². The smallest absolute Gasteiger partial charge is 0.223 e. The molecule has 0 spiro atoms. The molecule has 0 fully saturated rings. The van der Waals surface area contributed by atoms with Gasteiger partial charge in [0.05, 0.1) is 41.3 Å². The van der Waals surface area contributed by atoms with E-state index in [1.165, 1.54) is 57.0 Å². The molecule has 0 N–H and O–H groups in total. The summed E-state index contributed by atoms with van der Waals surface area (Å²) in [6, 6.07) is 5.89. The number of hydrogen-bond acceptors (Lipinski definition) is 22. The first-order valence-corrected chi connectivity index (χ1v) is 35.3. The number of imidazole rings is 1. The van der Waals surface area contributed by atoms with E-state index in [9.17, 15) is 0 Å². The lowest BCUT2D eigenvalue weighted by Gasteiger charge is -1.84. The highest BCUT2D eigenvalue weighted by atomic mass is 32.1. The number of hydrogen-bond donors (Lipinski definition) is 0. The quantitative estimate of drug-likeness (QED) is 0.137. The molecule has 0 unspecified atom stereocenters. The van der Waals surface area contributed by atoms with Crippen LogP contribution in [-0.2, 0) is 35.2 Å². The largest absolute Gasteiger partial charge is 0.452 e. The minimum absolute atomic E-state index is 0.623. The summed E-state index contributed by atoms with van der Waals surface area (Å²) in [4.78, 5) is 24.8. The fourth-order valence-corrected chi connectivity index (χ4v) is 6.61. The third-order valence-electron chi connectivity index (χ3n) is 8.50. The Balaban J connectivity index is -0.000000142. The molecule has 12 aromatic rings. The average Bonchev–Trinajstić information content (AvgIpc) is 3.04. The van der Waals surface area contributed by atoms with Gasteiger partial charge in [-0.05, 0) is 154 Å². The van der Waals surface area contributed by atoms with Crippen molar-refractivity contribution >= 4 is 45.9 Å². The van der Waals surface area contributed by atoms with Gasteiger partial charge in [0.2, 0.25) is 5.89 Å². The van der Waals surface area contributed by atoms with Gasteiger partial charge in [0, 0.05) is 112 Å². The molecule has 12 heterocycles. The van der Waals surface area contributed by atoms with Crippen molar-refractivity contribution in [2.75, 3.05) is 0 Å². The number of aryl methyl sites for hydroxylation is 19. The van der Waals surface area contributed by atoms with E-state index in [4.69, 9.17) is 0 Å². The lowest BCUT2D eigenvalue weighted by molar-refractivity contribution is 0.389. The molecule has 23 nitrogen and oxygen atoms in total. The molecule has 95 heavy (non-hydrogen) atoms. The molecule has 12 aromatic heterocycles. The van der Waals surface area contributed by atoms with Crippen molar-refractivity contribution in [2.45, 2.75) is 208 Å². The summed E-state index contributed by atoms with van der Waals surface area (Å²) < 4.78 is 34.4. The van der Waals surface area contributed by atoms with Gasteiger partial charge in [0.25, 0.3) is 0 Å². The van der Waals surface area contributed by atoms with Crippen molar-refractivity contribution in [1.29, 1.82) is 0 Å². The Morgan fingerprint density at radius 2 is 1.11 bits per heavy atom. The molecule has 27 heteroatoms. The molecule has 0 radical (unpaired) electrons. The molecular weight excluding hydrogens is 1270 g/mol. The van der Waals surface area contributed by atoms with Crippen LogP contribution in [0.1, 0.15) is 189 Å². The van der Waals surface area contributed by atoms with Gasteiger partial charge in [0.15, 0.2) is 12.2 Å². The summed E-state index contributed by atoms with van der Waals surface area (Å²) >= 11 is 6.00. The van der Waals surface area contributed by atoms with E-state index in [-0.39, 0.29) is 0 Å². The topological polar surface area (TPSA) is 257 Å². The molecule has 0 saturated heterocycles. The van der Waals surface area contributed by atoms with Crippen LogP contribution in [0.2, 0.25) is 0 Å². The van der Waals surface area contributed by atoms with Gasteiger partial charge in [-0.2, -0.15) is 24.7 Å². The Labute approximate surface area is 589 Å². The van der Waals surface area contributed by atoms with Gasteiger partial charge in [-0.1, -0.05) is 126 Å². The van der Waals surface area contributed by atoms with E-state index in [1.54, 1.807) is 70.5 Å². The fraction of sp³-hybridized carbons (Fsp3) is 0.515. The third-order valence-corrected chi connectivity index (χ3v) is 11.4. The lowest BCUT2D eigenvalue weighted by atomic mass is 10.4. The minimum atomic E-state index is 0.623. The van der Waals surface area contributed by atoms with Crippen LogP contribution in [-0.4, -0.2) is 97.0 Å². The second-order valence-electron chi connectivity index (χ2n) is 16.5. The first kappa shape index (κ1) is 103. The molecule has 0 aromatic carbocycles. The van der Waals surface area contributed by atoms with Gasteiger partial charge < -0.3 is 22.6 Å². The number of rotatable bonds is 0. The first-order chi connectivity index (χ1) is 45.5. The van der Waals surface area contributed by atoms with E-state index in [2.05, 4.69) is 87.3 Å². The number of aromatic nitrogens is 20. The van der Waals surface area contributed by atoms with E-state index < -0.39 is 0 Å². The number of thiazole rings is 1. The molecular formula is C68H124N20O3S4. The molecule has 0 saturated carbocycles. The standard InChI is InChI=1S/C5H9N3.2C5H8N2.C5H7N.C4H6N2O.2C4H6N2S.C4H6N2.2C4H5NO.2C4H5NS.8C2H6/c1-4-6-5(2)8(3)7-4;1-5-3-7(2)4-6-5;1-5-3-6-7(2)4-5;1-6-4-2-3-5-6;2*1-3-5-4(2)7-6-3;1-3-4(2)7-6-5-3;1-6-4-2-3-5-6;1-4-2-6-3-5-4;1-4-2-5-6-3-4;1-4-2-6-3-5-4;1-4-2-5-6-3-4;8*1-2/h1-3H3;2*3-4H,1-2H3;2-5H,1H3;3*1-2H3;2-4H,1H3;4*2-3H,1H3;8*1-2H3. The zero-order chi connectivity index (χ0) is 75.0. The van der Waals surface area contributed by atoms with Crippen LogP contribution in [0.15, 0.2) is 129 Å². The van der Waals surface area contributed by atoms with Crippen LogP contribution in [0.3, 0.4) is 0 Å². The molecule has 0 atom stereocenters. The molecule has 0 amide bonds. The lowest BCUT2D eigenvalue weighted by Crippen LogP contribution is -1.92. The summed E-state index contributed by atoms with van der Waals surface area (Å²) in [6.07, 6.45) is 23.3. The highest BCUT2D eigenvalue weighted by Crippen LogP contribution is 2.04. The highest BCUT2D eigenvalue weighted by molar-refractivity contribution is 7.07. The maximum atomic E-state index is 4.60. The Hall–Kier alpha value is -8.01. The van der Waals surface area contributed by atoms with E-state index in [0.717, 1.165) is 50.8 Å². The van der Waals surface area contributed by atoms with E-state index in [1.807, 2.05) is 316 Å². The van der Waals surface area contributed by atoms with Crippen LogP contribution in [0.25, 0.3) is 0 Å². The van der Waals surface area contributed by atoms with Crippen molar-refractivity contribution in [2.24, 2.45) is 35.2 Å². The Bertz CT molecular complexity index is 2690. The van der Waals surface area contributed by atoms with Crippen LogP contribution in [0.5, 0.6) is 0 Å². The van der Waals surface area contributed by atoms with Gasteiger partial charge >= 0.3 is 0 Å². The molecule has 0 aliphatic carbocycles. The van der Waals surface area contributed by atoms with Crippen molar-refractivity contribution < 1.29 is 13.5 Å². The predicted molar refractivity (Wildman–Crippen MR) is 404 cm³/mol. The van der Waals surface area contributed by atoms with Gasteiger partial charge in [0.1, 0.15) is 35.0 Å². The maximum Gasteiger partial charge on any atom is 0.223 e. The van der Waals surface area contributed by atoms with E-state index in [0.29, 0.717) is 11.7 Å². The Kier molecular flexibility index (Phi) is 83.2. The summed E-state index contributed by atoms with van der Waals surface area (Å²) in [6.45, 7) is 59.0. The molecule has 0 aliphatic heterocycles. The minimum Gasteiger partial charge on any atom is -0.452 e. The maximum absolute atomic E-state index is 4.60. The van der Waals surface area contributed by atoms with Crippen LogP contribution in [0, 0.1) is 96.9 Å². The molecule has 0 aliphatic rings. The van der Waals surface area contributed by atoms with Crippen LogP contribution in [0.4, 0.5) is 0 Å². The van der Waals surface area contributed by atoms with Crippen molar-refractivity contribution in [3.8, 4) is 0 Å². The third kappa shape index (κ3) is 71.7. The summed E-state index contributed by atoms with van der Waals surface area (Å²) in [5.41, 5.74) is 9.51. The van der Waals surface area contributed by atoms with Crippen LogP contribution >= 0.6 is 45.9 Å². The zero-order valence-electron chi connectivity index (χ0n) is 64.8. The molecule has 538 valence electrons. The van der Waals surface area contributed by atoms with Crippen molar-refractivity contribution in [3.63, 3.8) is 0 Å². The van der Waals surface area contributed by atoms with Crippen molar-refractivity contribution in [3.05, 3.63) is 194 Å². The highest BCUT2D eigenvalue weighted by Gasteiger charge is 1.94. The van der Waals surface area contributed by atoms with Gasteiger partial charge in [-0.25, -0.2) is 24.3 Å². The number of nitrogens with zero attached hydrogens (tertiary/aromatic N) is 20. The Morgan fingerprint density at radius 1 is 0.495 bits per heavy atom. The van der Waals surface area contributed by atoms with Gasteiger partial charge in [-0.3, -0.25) is 19.0 Å². The number of oxazole rings is 1. The SMILES string of the molecule is CC.CC.CC.CC.CC.CC.CC.CC.Cc1cn(C)cn1.Cc1cnn(C)c1.Cc1cnoc1.Cc1cnsc1.Cc1cocn1.Cc1cscn1.Cc1nc(C)n(C)n1.Cc1nnsc1C.Cc1noc(C)n1.Cc1nsc(C)n1.Cn1cccc1.Cn1cccn1. The summed E-state index contributed by atoms with van der Waals surface area (Å²) in [5.74, 6) is 3.99. The predicted octanol–water partition coefficient (Wildman–Crippen LogP) is 19.4. The first-order valence-electron chi connectivity index (χ1n) is 32.0. The van der Waals surface area contributed by atoms with Gasteiger partial charge in [-0.15, -0.1) is 16.4 Å². The monoisotopic (exact) mass is 1400 g/mol. The van der Waals surface area contributed by atoms with Crippen LogP contribution < -0.4 is 0 Å². The Morgan fingerprint density at radius 3 is 1.23 bits per heavy atom. The fourth-order valence-electron chi connectivity index (χ4n) is 4.61. The zero-order valence-corrected chi connectivity index (χ0v) is 68.0. The normalized spacial score (nSPS) is 8.16. The second-order valence-corrected chi connectivity index (χ2v) is 19.8. The summed E-state index contributed by atoms with van der Waals surface area (Å²) in [5, 5.41) is 27.6.